The molecule has 0 radical (unpaired) electrons. The lowest BCUT2D eigenvalue weighted by Crippen LogP contribution is -2.30. The van der Waals surface area contributed by atoms with Crippen molar-refractivity contribution in [2.45, 2.75) is 32.1 Å². The van der Waals surface area contributed by atoms with Crippen LogP contribution >= 0.6 is 11.6 Å². The molecule has 1 amide bonds. The highest BCUT2D eigenvalue weighted by atomic mass is 35.5. The van der Waals surface area contributed by atoms with Gasteiger partial charge in [-0.25, -0.2) is 4.98 Å². The first-order chi connectivity index (χ1) is 8.25. The van der Waals surface area contributed by atoms with Gasteiger partial charge in [0.25, 0.3) is 5.91 Å². The maximum Gasteiger partial charge on any atom is 0.271 e. The minimum absolute atomic E-state index is 0.189. The van der Waals surface area contributed by atoms with E-state index in [-0.39, 0.29) is 16.8 Å². The van der Waals surface area contributed by atoms with Gasteiger partial charge < -0.3 is 5.32 Å². The Morgan fingerprint density at radius 2 is 2.12 bits per heavy atom. The third kappa shape index (κ3) is 3.66. The van der Waals surface area contributed by atoms with Crippen LogP contribution in [-0.2, 0) is 0 Å². The number of rotatable bonds is 3. The molecule has 1 aromatic heterocycles. The van der Waals surface area contributed by atoms with E-state index in [2.05, 4.69) is 15.3 Å². The van der Waals surface area contributed by atoms with Crippen molar-refractivity contribution in [1.29, 1.82) is 0 Å². The zero-order valence-corrected chi connectivity index (χ0v) is 10.4. The Labute approximate surface area is 106 Å². The van der Waals surface area contributed by atoms with Gasteiger partial charge in [-0.15, -0.1) is 0 Å². The molecule has 2 rings (SSSR count). The van der Waals surface area contributed by atoms with E-state index in [1.54, 1.807) is 0 Å². The van der Waals surface area contributed by atoms with Crippen molar-refractivity contribution in [3.05, 3.63) is 23.2 Å². The molecular formula is C12H16ClN3O. The molecule has 0 aliphatic heterocycles. The van der Waals surface area contributed by atoms with E-state index in [9.17, 15) is 4.79 Å². The molecule has 0 atom stereocenters. The second-order valence-corrected chi connectivity index (χ2v) is 4.83. The van der Waals surface area contributed by atoms with Crippen molar-refractivity contribution >= 4 is 17.5 Å². The molecular weight excluding hydrogens is 238 g/mol. The molecule has 0 spiro atoms. The number of amides is 1. The van der Waals surface area contributed by atoms with Crippen LogP contribution in [0.3, 0.4) is 0 Å². The van der Waals surface area contributed by atoms with Crippen LogP contribution < -0.4 is 5.32 Å². The SMILES string of the molecule is O=C(NCC1CCCCC1)c1cncc(Cl)n1. The van der Waals surface area contributed by atoms with Crippen LogP contribution in [0.25, 0.3) is 0 Å². The lowest BCUT2D eigenvalue weighted by Gasteiger charge is -2.21. The van der Waals surface area contributed by atoms with Crippen LogP contribution in [0.5, 0.6) is 0 Å². The van der Waals surface area contributed by atoms with E-state index in [0.29, 0.717) is 5.92 Å². The molecule has 1 N–H and O–H groups in total. The molecule has 0 bridgehead atoms. The Balaban J connectivity index is 1.84. The van der Waals surface area contributed by atoms with E-state index in [1.807, 2.05) is 0 Å². The highest BCUT2D eigenvalue weighted by molar-refractivity contribution is 6.29. The van der Waals surface area contributed by atoms with Crippen LogP contribution in [0.1, 0.15) is 42.6 Å². The van der Waals surface area contributed by atoms with Gasteiger partial charge in [-0.2, -0.15) is 0 Å². The summed E-state index contributed by atoms with van der Waals surface area (Å²) in [5.41, 5.74) is 0.285. The topological polar surface area (TPSA) is 54.9 Å². The Kier molecular flexibility index (Phi) is 4.31. The van der Waals surface area contributed by atoms with Crippen LogP contribution in [0.4, 0.5) is 0 Å². The quantitative estimate of drug-likeness (QED) is 0.900. The van der Waals surface area contributed by atoms with Crippen LogP contribution in [0, 0.1) is 5.92 Å². The monoisotopic (exact) mass is 253 g/mol. The summed E-state index contributed by atoms with van der Waals surface area (Å²) in [6, 6.07) is 0. The first kappa shape index (κ1) is 12.3. The average molecular weight is 254 g/mol. The normalized spacial score (nSPS) is 16.8. The summed E-state index contributed by atoms with van der Waals surface area (Å²) >= 11 is 5.68. The molecule has 0 saturated heterocycles. The summed E-state index contributed by atoms with van der Waals surface area (Å²) in [6.07, 6.45) is 9.14. The molecule has 1 aromatic rings. The van der Waals surface area contributed by atoms with Gasteiger partial charge in [-0.3, -0.25) is 9.78 Å². The van der Waals surface area contributed by atoms with Gasteiger partial charge in [-0.05, 0) is 18.8 Å². The van der Waals surface area contributed by atoms with Gasteiger partial charge >= 0.3 is 0 Å². The zero-order valence-electron chi connectivity index (χ0n) is 9.66. The summed E-state index contributed by atoms with van der Waals surface area (Å²) in [5.74, 6) is 0.422. The fourth-order valence-electron chi connectivity index (χ4n) is 2.17. The van der Waals surface area contributed by atoms with Crippen LogP contribution in [0.15, 0.2) is 12.4 Å². The third-order valence-corrected chi connectivity index (χ3v) is 3.30. The summed E-state index contributed by atoms with van der Waals surface area (Å²) in [6.45, 7) is 0.729. The second-order valence-electron chi connectivity index (χ2n) is 4.44. The predicted octanol–water partition coefficient (Wildman–Crippen LogP) is 2.44. The Morgan fingerprint density at radius 1 is 1.35 bits per heavy atom. The minimum atomic E-state index is -0.189. The van der Waals surface area contributed by atoms with E-state index >= 15 is 0 Å². The molecule has 0 unspecified atom stereocenters. The lowest BCUT2D eigenvalue weighted by atomic mass is 9.89. The summed E-state index contributed by atoms with van der Waals surface area (Å²) in [5, 5.41) is 3.14. The Hall–Kier alpha value is -1.16. The maximum absolute atomic E-state index is 11.8. The number of carbonyl (C=O) groups is 1. The molecule has 1 aliphatic rings. The van der Waals surface area contributed by atoms with Gasteiger partial charge in [0.1, 0.15) is 10.8 Å². The van der Waals surface area contributed by atoms with Crippen molar-refractivity contribution in [2.24, 2.45) is 5.92 Å². The number of carbonyl (C=O) groups excluding carboxylic acids is 1. The molecule has 1 aliphatic carbocycles. The molecule has 92 valence electrons. The maximum atomic E-state index is 11.8. The largest absolute Gasteiger partial charge is 0.350 e. The van der Waals surface area contributed by atoms with Gasteiger partial charge in [0.05, 0.1) is 12.4 Å². The smallest absolute Gasteiger partial charge is 0.271 e. The zero-order chi connectivity index (χ0) is 12.1. The summed E-state index contributed by atoms with van der Waals surface area (Å²) in [7, 11) is 0. The number of hydrogen-bond donors (Lipinski definition) is 1. The first-order valence-electron chi connectivity index (χ1n) is 6.01. The Morgan fingerprint density at radius 3 is 2.82 bits per heavy atom. The molecule has 1 fully saturated rings. The third-order valence-electron chi connectivity index (χ3n) is 3.11. The van der Waals surface area contributed by atoms with Crippen molar-refractivity contribution in [1.82, 2.24) is 15.3 Å². The molecule has 17 heavy (non-hydrogen) atoms. The minimum Gasteiger partial charge on any atom is -0.350 e. The Bertz CT molecular complexity index is 391. The number of nitrogens with zero attached hydrogens (tertiary/aromatic N) is 2. The van der Waals surface area contributed by atoms with Gasteiger partial charge in [0, 0.05) is 6.54 Å². The fraction of sp³-hybridized carbons (Fsp3) is 0.583. The highest BCUT2D eigenvalue weighted by Crippen LogP contribution is 2.22. The van der Waals surface area contributed by atoms with Crippen molar-refractivity contribution < 1.29 is 4.79 Å². The van der Waals surface area contributed by atoms with Crippen molar-refractivity contribution in [3.8, 4) is 0 Å². The fourth-order valence-corrected chi connectivity index (χ4v) is 2.32. The van der Waals surface area contributed by atoms with E-state index < -0.39 is 0 Å². The standard InChI is InChI=1S/C12H16ClN3O/c13-11-8-14-7-10(16-11)12(17)15-6-9-4-2-1-3-5-9/h7-9H,1-6H2,(H,15,17). The van der Waals surface area contributed by atoms with Gasteiger partial charge in [-0.1, -0.05) is 30.9 Å². The van der Waals surface area contributed by atoms with Gasteiger partial charge in [0.2, 0.25) is 0 Å². The van der Waals surface area contributed by atoms with E-state index in [0.717, 1.165) is 6.54 Å². The summed E-state index contributed by atoms with van der Waals surface area (Å²) in [4.78, 5) is 19.5. The number of halogens is 1. The van der Waals surface area contributed by atoms with Crippen LogP contribution in [-0.4, -0.2) is 22.4 Å². The van der Waals surface area contributed by atoms with Crippen molar-refractivity contribution in [3.63, 3.8) is 0 Å². The highest BCUT2D eigenvalue weighted by Gasteiger charge is 2.15. The molecule has 0 aromatic carbocycles. The predicted molar refractivity (Wildman–Crippen MR) is 66.0 cm³/mol. The summed E-state index contributed by atoms with van der Waals surface area (Å²) < 4.78 is 0. The van der Waals surface area contributed by atoms with Gasteiger partial charge in [0.15, 0.2) is 0 Å². The average Bonchev–Trinajstić information content (AvgIpc) is 2.37. The molecule has 1 heterocycles. The molecule has 4 nitrogen and oxygen atoms in total. The first-order valence-corrected chi connectivity index (χ1v) is 6.39. The lowest BCUT2D eigenvalue weighted by molar-refractivity contribution is 0.0938. The van der Waals surface area contributed by atoms with E-state index in [4.69, 9.17) is 11.6 Å². The van der Waals surface area contributed by atoms with Crippen molar-refractivity contribution in [2.75, 3.05) is 6.54 Å². The second kappa shape index (κ2) is 5.96. The number of aromatic nitrogens is 2. The number of nitrogens with one attached hydrogen (secondary N) is 1. The molecule has 1 saturated carbocycles. The van der Waals surface area contributed by atoms with E-state index in [1.165, 1.54) is 44.5 Å². The van der Waals surface area contributed by atoms with Crippen LogP contribution in [0.2, 0.25) is 5.15 Å². The number of hydrogen-bond acceptors (Lipinski definition) is 3. The molecule has 5 heteroatoms.